The highest BCUT2D eigenvalue weighted by Gasteiger charge is 2.25. The van der Waals surface area contributed by atoms with Crippen molar-refractivity contribution < 1.29 is 4.43 Å². The predicted octanol–water partition coefficient (Wildman–Crippen LogP) is 1.45. The Labute approximate surface area is 89.0 Å². The molecule has 0 aliphatic rings. The van der Waals surface area contributed by atoms with E-state index in [0.29, 0.717) is 5.92 Å². The van der Waals surface area contributed by atoms with Crippen LogP contribution in [0.2, 0.25) is 0 Å². The van der Waals surface area contributed by atoms with Crippen LogP contribution in [-0.4, -0.2) is 16.1 Å². The highest BCUT2D eigenvalue weighted by atomic mass is 28.2. The van der Waals surface area contributed by atoms with E-state index in [1.807, 2.05) is 12.1 Å². The van der Waals surface area contributed by atoms with Crippen LogP contribution in [0.4, 0.5) is 5.69 Å². The Morgan fingerprint density at radius 3 is 2.21 bits per heavy atom. The highest BCUT2D eigenvalue weighted by molar-refractivity contribution is 5.98. The van der Waals surface area contributed by atoms with Gasteiger partial charge in [-0.2, -0.15) is 0 Å². The molecule has 0 saturated carbocycles. The molecule has 0 fully saturated rings. The van der Waals surface area contributed by atoms with Crippen LogP contribution in [0.25, 0.3) is 0 Å². The van der Waals surface area contributed by atoms with Gasteiger partial charge < -0.3 is 10.2 Å². The zero-order chi connectivity index (χ0) is 10.8. The van der Waals surface area contributed by atoms with Crippen LogP contribution >= 0.6 is 0 Å². The van der Waals surface area contributed by atoms with E-state index in [1.54, 1.807) is 0 Å². The summed E-state index contributed by atoms with van der Waals surface area (Å²) in [4.78, 5) is 0. The lowest BCUT2D eigenvalue weighted by Gasteiger charge is -2.31. The van der Waals surface area contributed by atoms with E-state index in [1.165, 1.54) is 5.56 Å². The molecule has 1 atom stereocenters. The summed E-state index contributed by atoms with van der Waals surface area (Å²) in [6.45, 7) is 6.44. The van der Waals surface area contributed by atoms with E-state index in [9.17, 15) is 0 Å². The monoisotopic (exact) mass is 209 g/mol. The quantitative estimate of drug-likeness (QED) is 0.604. The number of nitrogen functional groups attached to an aromatic ring is 1. The van der Waals surface area contributed by atoms with Gasteiger partial charge in [0.1, 0.15) is 10.5 Å². The first-order valence-electron chi connectivity index (χ1n) is 4.88. The normalized spacial score (nSPS) is 14.2. The second-order valence-corrected chi connectivity index (χ2v) is 4.60. The van der Waals surface area contributed by atoms with Gasteiger partial charge in [0.2, 0.25) is 0 Å². The Morgan fingerprint density at radius 2 is 1.79 bits per heavy atom. The van der Waals surface area contributed by atoms with Crippen LogP contribution in [-0.2, 0) is 4.43 Å². The summed E-state index contributed by atoms with van der Waals surface area (Å²) in [6.07, 6.45) is 0. The summed E-state index contributed by atoms with van der Waals surface area (Å²) in [6, 6.07) is 8.02. The Hall–Kier alpha value is -0.803. The van der Waals surface area contributed by atoms with Crippen molar-refractivity contribution in [1.82, 2.24) is 0 Å². The van der Waals surface area contributed by atoms with Crippen molar-refractivity contribution in [1.29, 1.82) is 0 Å². The molecular formula is C11H19NOSi. The van der Waals surface area contributed by atoms with Gasteiger partial charge >= 0.3 is 0 Å². The third-order valence-corrected chi connectivity index (χ3v) is 4.06. The lowest BCUT2D eigenvalue weighted by molar-refractivity contribution is 0.0961. The van der Waals surface area contributed by atoms with Crippen LogP contribution in [0, 0.1) is 0 Å². The fraction of sp³-hybridized carbons (Fsp3) is 0.455. The van der Waals surface area contributed by atoms with Crippen LogP contribution < -0.4 is 5.73 Å². The minimum absolute atomic E-state index is 0.0810. The number of hydrogen-bond donors (Lipinski definition) is 1. The molecule has 1 rings (SSSR count). The standard InChI is InChI=1S/C11H19NOSi/c1-8(11(2,3)13-14)9-4-6-10(12)7-5-9/h4-8H,12H2,1-3,14H3. The third-order valence-electron chi connectivity index (χ3n) is 3.01. The second kappa shape index (κ2) is 4.15. The maximum Gasteiger partial charge on any atom is 0.146 e. The first kappa shape index (κ1) is 11.3. The molecule has 0 aromatic heterocycles. The molecule has 0 heterocycles. The van der Waals surface area contributed by atoms with Gasteiger partial charge in [0.15, 0.2) is 0 Å². The van der Waals surface area contributed by atoms with Crippen LogP contribution in [0.5, 0.6) is 0 Å². The molecule has 2 N–H and O–H groups in total. The van der Waals surface area contributed by atoms with Crippen molar-refractivity contribution in [2.24, 2.45) is 0 Å². The Bertz CT molecular complexity index is 295. The molecule has 0 bridgehead atoms. The van der Waals surface area contributed by atoms with Gasteiger partial charge in [-0.1, -0.05) is 19.1 Å². The SMILES string of the molecule is CC(c1ccc(N)cc1)C(C)(C)O[SiH3]. The second-order valence-electron chi connectivity index (χ2n) is 4.20. The van der Waals surface area contributed by atoms with Gasteiger partial charge in [0, 0.05) is 11.6 Å². The maximum atomic E-state index is 5.64. The lowest BCUT2D eigenvalue weighted by atomic mass is 9.86. The number of anilines is 1. The van der Waals surface area contributed by atoms with Crippen molar-refractivity contribution in [2.75, 3.05) is 5.73 Å². The zero-order valence-corrected chi connectivity index (χ0v) is 11.4. The van der Waals surface area contributed by atoms with Crippen LogP contribution in [0.3, 0.4) is 0 Å². The fourth-order valence-corrected chi connectivity index (χ4v) is 1.72. The summed E-state index contributed by atoms with van der Waals surface area (Å²) in [5.41, 5.74) is 7.65. The van der Waals surface area contributed by atoms with Gasteiger partial charge in [-0.3, -0.25) is 0 Å². The number of benzene rings is 1. The number of rotatable bonds is 3. The summed E-state index contributed by atoms with van der Waals surface area (Å²) in [5.74, 6) is 0.389. The molecule has 14 heavy (non-hydrogen) atoms. The molecular weight excluding hydrogens is 190 g/mol. The van der Waals surface area contributed by atoms with Crippen molar-refractivity contribution >= 4 is 16.2 Å². The molecule has 0 aliphatic carbocycles. The van der Waals surface area contributed by atoms with Crippen molar-refractivity contribution in [3.63, 3.8) is 0 Å². The average molecular weight is 209 g/mol. The molecule has 78 valence electrons. The smallest absolute Gasteiger partial charge is 0.146 e. The largest absolute Gasteiger partial charge is 0.422 e. The molecule has 1 unspecified atom stereocenters. The van der Waals surface area contributed by atoms with Gasteiger partial charge in [-0.25, -0.2) is 0 Å². The maximum absolute atomic E-state index is 5.64. The predicted molar refractivity (Wildman–Crippen MR) is 64.4 cm³/mol. The lowest BCUT2D eigenvalue weighted by Crippen LogP contribution is -2.30. The molecule has 3 heteroatoms. The minimum Gasteiger partial charge on any atom is -0.422 e. The highest BCUT2D eigenvalue weighted by Crippen LogP contribution is 2.30. The molecule has 1 aromatic rings. The first-order chi connectivity index (χ1) is 6.47. The average Bonchev–Trinajstić information content (AvgIpc) is 2.18. The van der Waals surface area contributed by atoms with E-state index >= 15 is 0 Å². The van der Waals surface area contributed by atoms with Crippen LogP contribution in [0.1, 0.15) is 32.3 Å². The number of hydrogen-bond acceptors (Lipinski definition) is 2. The third kappa shape index (κ3) is 2.36. The molecule has 2 nitrogen and oxygen atoms in total. The summed E-state index contributed by atoms with van der Waals surface area (Å²) in [7, 11) is 0.770. The first-order valence-corrected chi connectivity index (χ1v) is 5.69. The molecule has 0 amide bonds. The van der Waals surface area contributed by atoms with Gasteiger partial charge in [-0.05, 0) is 31.5 Å². The fourth-order valence-electron chi connectivity index (χ4n) is 1.36. The van der Waals surface area contributed by atoms with Crippen LogP contribution in [0.15, 0.2) is 24.3 Å². The van der Waals surface area contributed by atoms with Crippen molar-refractivity contribution in [3.05, 3.63) is 29.8 Å². The Kier molecular flexibility index (Phi) is 3.34. The molecule has 0 radical (unpaired) electrons. The molecule has 1 aromatic carbocycles. The van der Waals surface area contributed by atoms with Crippen molar-refractivity contribution in [3.8, 4) is 0 Å². The Morgan fingerprint density at radius 1 is 1.29 bits per heavy atom. The van der Waals surface area contributed by atoms with E-state index in [-0.39, 0.29) is 5.60 Å². The van der Waals surface area contributed by atoms with E-state index in [4.69, 9.17) is 10.2 Å². The summed E-state index contributed by atoms with van der Waals surface area (Å²) >= 11 is 0. The van der Waals surface area contributed by atoms with Gasteiger partial charge in [-0.15, -0.1) is 0 Å². The Balaban J connectivity index is 2.89. The molecule has 0 aliphatic heterocycles. The summed E-state index contributed by atoms with van der Waals surface area (Å²) < 4.78 is 5.59. The van der Waals surface area contributed by atoms with E-state index < -0.39 is 0 Å². The van der Waals surface area contributed by atoms with Gasteiger partial charge in [0.25, 0.3) is 0 Å². The topological polar surface area (TPSA) is 35.2 Å². The summed E-state index contributed by atoms with van der Waals surface area (Å²) in [5, 5.41) is 0. The van der Waals surface area contributed by atoms with E-state index in [0.717, 1.165) is 16.2 Å². The van der Waals surface area contributed by atoms with E-state index in [2.05, 4.69) is 32.9 Å². The minimum atomic E-state index is -0.0810. The number of nitrogens with two attached hydrogens (primary N) is 1. The van der Waals surface area contributed by atoms with Gasteiger partial charge in [0.05, 0.1) is 5.60 Å². The zero-order valence-electron chi connectivity index (χ0n) is 9.37. The van der Waals surface area contributed by atoms with Crippen molar-refractivity contribution in [2.45, 2.75) is 32.3 Å². The molecule has 0 spiro atoms. The molecule has 0 saturated heterocycles.